The van der Waals surface area contributed by atoms with Gasteiger partial charge < -0.3 is 4.42 Å². The maximum absolute atomic E-state index is 6.06. The van der Waals surface area contributed by atoms with E-state index >= 15 is 0 Å². The van der Waals surface area contributed by atoms with Crippen LogP contribution in [0, 0.1) is 0 Å². The molecule has 0 saturated carbocycles. The summed E-state index contributed by atoms with van der Waals surface area (Å²) in [5.74, 6) is 0.864. The van der Waals surface area contributed by atoms with Crippen molar-refractivity contribution in [3.63, 3.8) is 0 Å². The Hall–Kier alpha value is -2.27. The standard InChI is InChI=1S/C14H8N3OS/c1-2-8-7-17-13(11(8)16-4-1)18-12-9-6-15-5-3-10(9)19-14(12)17/h1-6H,7H2/q+1. The van der Waals surface area contributed by atoms with E-state index in [4.69, 9.17) is 4.42 Å². The summed E-state index contributed by atoms with van der Waals surface area (Å²) in [7, 11) is 0. The highest BCUT2D eigenvalue weighted by Crippen LogP contribution is 2.37. The Morgan fingerprint density at radius 2 is 2.26 bits per heavy atom. The van der Waals surface area contributed by atoms with E-state index in [1.165, 1.54) is 10.3 Å². The van der Waals surface area contributed by atoms with E-state index in [1.807, 2.05) is 30.7 Å². The van der Waals surface area contributed by atoms with Gasteiger partial charge in [-0.05, 0) is 18.2 Å². The second-order valence-corrected chi connectivity index (χ2v) is 5.64. The monoisotopic (exact) mass is 266 g/mol. The molecule has 0 bridgehead atoms. The lowest BCUT2D eigenvalue weighted by Gasteiger charge is -1.88. The lowest BCUT2D eigenvalue weighted by molar-refractivity contribution is -0.647. The third kappa shape index (κ3) is 1.11. The van der Waals surface area contributed by atoms with Crippen LogP contribution < -0.4 is 4.57 Å². The summed E-state index contributed by atoms with van der Waals surface area (Å²) >= 11 is 1.75. The van der Waals surface area contributed by atoms with Crippen LogP contribution in [0.3, 0.4) is 0 Å². The van der Waals surface area contributed by atoms with Gasteiger partial charge in [-0.25, -0.2) is 4.98 Å². The van der Waals surface area contributed by atoms with Gasteiger partial charge in [0.15, 0.2) is 12.2 Å². The second-order valence-electron chi connectivity index (χ2n) is 4.61. The quantitative estimate of drug-likeness (QED) is 0.405. The lowest BCUT2D eigenvalue weighted by atomic mass is 10.2. The molecule has 0 unspecified atom stereocenters. The summed E-state index contributed by atoms with van der Waals surface area (Å²) in [4.78, 5) is 9.78. The van der Waals surface area contributed by atoms with Crippen molar-refractivity contribution >= 4 is 31.8 Å². The minimum atomic E-state index is 0.839. The topological polar surface area (TPSA) is 42.8 Å². The number of hydrogen-bond donors (Lipinski definition) is 0. The van der Waals surface area contributed by atoms with Crippen molar-refractivity contribution in [1.82, 2.24) is 9.97 Å². The minimum Gasteiger partial charge on any atom is -0.395 e. The molecule has 0 aromatic carbocycles. The number of aromatic nitrogens is 3. The third-order valence-corrected chi connectivity index (χ3v) is 4.71. The van der Waals surface area contributed by atoms with Crippen molar-refractivity contribution in [3.8, 4) is 11.6 Å². The normalized spacial score (nSPS) is 13.1. The molecular formula is C14H8N3OS+. The number of thiophene rings is 1. The first-order valence-electron chi connectivity index (χ1n) is 6.05. The maximum atomic E-state index is 6.06. The van der Waals surface area contributed by atoms with E-state index in [-0.39, 0.29) is 0 Å². The van der Waals surface area contributed by atoms with Crippen LogP contribution >= 0.6 is 11.3 Å². The van der Waals surface area contributed by atoms with Crippen LogP contribution in [-0.4, -0.2) is 9.97 Å². The van der Waals surface area contributed by atoms with Crippen LogP contribution in [0.5, 0.6) is 0 Å². The van der Waals surface area contributed by atoms with E-state index in [0.717, 1.165) is 33.9 Å². The van der Waals surface area contributed by atoms with E-state index in [1.54, 1.807) is 11.3 Å². The van der Waals surface area contributed by atoms with Gasteiger partial charge in [-0.3, -0.25) is 4.98 Å². The Bertz CT molecular complexity index is 954. The first-order chi connectivity index (χ1) is 9.42. The molecule has 4 aromatic rings. The number of pyridine rings is 2. The van der Waals surface area contributed by atoms with Crippen LogP contribution in [0.15, 0.2) is 41.2 Å². The van der Waals surface area contributed by atoms with Gasteiger partial charge in [0.05, 0.1) is 10.9 Å². The second kappa shape index (κ2) is 3.19. The van der Waals surface area contributed by atoms with E-state index in [2.05, 4.69) is 20.6 Å². The fraction of sp³-hybridized carbons (Fsp3) is 0.0714. The summed E-state index contributed by atoms with van der Waals surface area (Å²) in [6.07, 6.45) is 5.50. The molecule has 19 heavy (non-hydrogen) atoms. The predicted octanol–water partition coefficient (Wildman–Crippen LogP) is 2.75. The highest BCUT2D eigenvalue weighted by molar-refractivity contribution is 7.25. The molecule has 0 radical (unpaired) electrons. The largest absolute Gasteiger partial charge is 0.402 e. The molecule has 0 spiro atoms. The van der Waals surface area contributed by atoms with Crippen molar-refractivity contribution in [1.29, 1.82) is 0 Å². The Labute approximate surface area is 112 Å². The summed E-state index contributed by atoms with van der Waals surface area (Å²) in [6, 6.07) is 6.10. The van der Waals surface area contributed by atoms with Gasteiger partial charge >= 0.3 is 10.7 Å². The smallest absolute Gasteiger partial charge is 0.395 e. The highest BCUT2D eigenvalue weighted by atomic mass is 32.1. The number of oxazole rings is 1. The van der Waals surface area contributed by atoms with Crippen LogP contribution in [0.25, 0.3) is 32.1 Å². The Morgan fingerprint density at radius 3 is 3.26 bits per heavy atom. The fourth-order valence-electron chi connectivity index (χ4n) is 2.68. The minimum absolute atomic E-state index is 0.839. The highest BCUT2D eigenvalue weighted by Gasteiger charge is 2.36. The zero-order valence-electron chi connectivity index (χ0n) is 9.83. The summed E-state index contributed by atoms with van der Waals surface area (Å²) in [5.41, 5.74) is 3.11. The molecule has 0 saturated heterocycles. The molecule has 90 valence electrons. The van der Waals surface area contributed by atoms with E-state index in [9.17, 15) is 0 Å². The van der Waals surface area contributed by atoms with Gasteiger partial charge in [0, 0.05) is 23.3 Å². The fourth-order valence-corrected chi connectivity index (χ4v) is 3.77. The molecule has 0 aliphatic carbocycles. The zero-order valence-corrected chi connectivity index (χ0v) is 10.6. The van der Waals surface area contributed by atoms with E-state index < -0.39 is 0 Å². The third-order valence-electron chi connectivity index (χ3n) is 3.54. The van der Waals surface area contributed by atoms with Crippen molar-refractivity contribution in [2.24, 2.45) is 0 Å². The van der Waals surface area contributed by atoms with Crippen LogP contribution in [-0.2, 0) is 6.54 Å². The Morgan fingerprint density at radius 1 is 1.26 bits per heavy atom. The van der Waals surface area contributed by atoms with Gasteiger partial charge in [0.1, 0.15) is 0 Å². The molecule has 1 aliphatic rings. The van der Waals surface area contributed by atoms with Crippen molar-refractivity contribution in [2.45, 2.75) is 6.54 Å². The summed E-state index contributed by atoms with van der Waals surface area (Å²) < 4.78 is 9.48. The first kappa shape index (κ1) is 9.63. The average Bonchev–Trinajstić information content (AvgIpc) is 3.07. The van der Waals surface area contributed by atoms with Gasteiger partial charge in [0.2, 0.25) is 5.58 Å². The van der Waals surface area contributed by atoms with Crippen molar-refractivity contribution in [3.05, 3.63) is 42.4 Å². The molecule has 4 nitrogen and oxygen atoms in total. The molecule has 0 amide bonds. The molecule has 5 rings (SSSR count). The maximum Gasteiger partial charge on any atom is 0.402 e. The Balaban J connectivity index is 1.93. The van der Waals surface area contributed by atoms with Crippen molar-refractivity contribution < 1.29 is 8.98 Å². The summed E-state index contributed by atoms with van der Waals surface area (Å²) in [5, 5.41) is 1.09. The van der Waals surface area contributed by atoms with Gasteiger partial charge in [-0.1, -0.05) is 11.3 Å². The molecule has 5 heteroatoms. The number of rotatable bonds is 0. The number of fused-ring (bicyclic) bond motifs is 7. The van der Waals surface area contributed by atoms with Crippen molar-refractivity contribution in [2.75, 3.05) is 0 Å². The van der Waals surface area contributed by atoms with Gasteiger partial charge in [-0.15, -0.1) is 4.57 Å². The molecule has 4 aromatic heterocycles. The SMILES string of the molecule is c1cnc2c(c1)C[n+]1c-2oc2c3cnccc3sc21. The number of hydrogen-bond acceptors (Lipinski definition) is 4. The molecule has 0 N–H and O–H groups in total. The Kier molecular flexibility index (Phi) is 1.62. The van der Waals surface area contributed by atoms with Crippen LogP contribution in [0.2, 0.25) is 0 Å². The van der Waals surface area contributed by atoms with Gasteiger partial charge in [-0.2, -0.15) is 0 Å². The molecule has 0 fully saturated rings. The van der Waals surface area contributed by atoms with Crippen LogP contribution in [0.1, 0.15) is 5.56 Å². The predicted molar refractivity (Wildman–Crippen MR) is 71.9 cm³/mol. The summed E-state index contributed by atoms with van der Waals surface area (Å²) in [6.45, 7) is 0.839. The molecule has 5 heterocycles. The van der Waals surface area contributed by atoms with Gasteiger partial charge in [0.25, 0.3) is 0 Å². The molecular weight excluding hydrogens is 258 g/mol. The molecule has 1 aliphatic heterocycles. The average molecular weight is 266 g/mol. The first-order valence-corrected chi connectivity index (χ1v) is 6.86. The van der Waals surface area contributed by atoms with Crippen LogP contribution in [0.4, 0.5) is 0 Å². The zero-order chi connectivity index (χ0) is 12.4. The lowest BCUT2D eigenvalue weighted by Crippen LogP contribution is -2.29. The number of nitrogens with zero attached hydrogens (tertiary/aromatic N) is 3. The van der Waals surface area contributed by atoms with E-state index in [0.29, 0.717) is 0 Å². The molecule has 0 atom stereocenters.